The quantitative estimate of drug-likeness (QED) is 0.801. The molecule has 3 rings (SSSR count). The van der Waals surface area contributed by atoms with Gasteiger partial charge in [0.25, 0.3) is 5.91 Å². The van der Waals surface area contributed by atoms with Crippen LogP contribution in [0.3, 0.4) is 0 Å². The number of nitrogens with one attached hydrogen (secondary N) is 1. The number of morpholine rings is 1. The van der Waals surface area contributed by atoms with Gasteiger partial charge in [-0.2, -0.15) is 0 Å². The first-order valence-electron chi connectivity index (χ1n) is 7.78. The van der Waals surface area contributed by atoms with Crippen molar-refractivity contribution in [3.63, 3.8) is 0 Å². The van der Waals surface area contributed by atoms with Gasteiger partial charge in [-0.05, 0) is 12.1 Å². The van der Waals surface area contributed by atoms with Gasteiger partial charge in [-0.15, -0.1) is 0 Å². The Morgan fingerprint density at radius 2 is 2.20 bits per heavy atom. The first kappa shape index (κ1) is 16.9. The van der Waals surface area contributed by atoms with Gasteiger partial charge < -0.3 is 15.0 Å². The lowest BCUT2D eigenvalue weighted by Gasteiger charge is -2.27. The number of amides is 1. The summed E-state index contributed by atoms with van der Waals surface area (Å²) < 4.78 is 19.2. The molecule has 0 saturated carbocycles. The van der Waals surface area contributed by atoms with E-state index in [4.69, 9.17) is 4.74 Å². The van der Waals surface area contributed by atoms with Gasteiger partial charge in [-0.1, -0.05) is 6.07 Å². The molecule has 1 amide bonds. The zero-order valence-corrected chi connectivity index (χ0v) is 13.4. The minimum atomic E-state index is -0.563. The van der Waals surface area contributed by atoms with E-state index >= 15 is 0 Å². The average Bonchev–Trinajstić information content (AvgIpc) is 2.67. The normalized spacial score (nSPS) is 14.7. The Morgan fingerprint density at radius 3 is 2.96 bits per heavy atom. The fourth-order valence-corrected chi connectivity index (χ4v) is 2.25. The van der Waals surface area contributed by atoms with Crippen molar-refractivity contribution in [1.29, 1.82) is 0 Å². The van der Waals surface area contributed by atoms with Crippen molar-refractivity contribution in [1.82, 2.24) is 20.3 Å². The molecule has 1 fully saturated rings. The lowest BCUT2D eigenvalue weighted by atomic mass is 10.4. The second kappa shape index (κ2) is 8.25. The zero-order valence-electron chi connectivity index (χ0n) is 13.4. The van der Waals surface area contributed by atoms with E-state index in [1.165, 1.54) is 0 Å². The number of hydrogen-bond acceptors (Lipinski definition) is 7. The lowest BCUT2D eigenvalue weighted by Crippen LogP contribution is -2.38. The molecule has 130 valence electrons. The first-order valence-corrected chi connectivity index (χ1v) is 7.78. The Kier molecular flexibility index (Phi) is 5.57. The molecule has 2 aromatic heterocycles. The van der Waals surface area contributed by atoms with E-state index in [1.54, 1.807) is 29.4 Å². The van der Waals surface area contributed by atoms with Crippen LogP contribution < -0.4 is 10.2 Å². The van der Waals surface area contributed by atoms with Crippen molar-refractivity contribution in [2.75, 3.05) is 37.9 Å². The van der Waals surface area contributed by atoms with Gasteiger partial charge in [-0.3, -0.25) is 14.8 Å². The number of nitrogens with zero attached hydrogens (tertiary/aromatic N) is 5. The number of hydrogen-bond donors (Lipinski definition) is 1. The van der Waals surface area contributed by atoms with Crippen LogP contribution in [0.15, 0.2) is 35.6 Å². The van der Waals surface area contributed by atoms with Gasteiger partial charge in [0.2, 0.25) is 5.82 Å². The Hall–Kier alpha value is -2.94. The SMILES string of the molecule is O=C(NC/N=C/c1ccccn1)c1ncc(F)c(N2CCOCC2)n1. The number of aromatic nitrogens is 3. The van der Waals surface area contributed by atoms with E-state index < -0.39 is 11.7 Å². The molecule has 0 atom stereocenters. The van der Waals surface area contributed by atoms with E-state index in [2.05, 4.69) is 25.3 Å². The molecule has 0 bridgehead atoms. The van der Waals surface area contributed by atoms with Gasteiger partial charge in [0.1, 0.15) is 6.67 Å². The smallest absolute Gasteiger partial charge is 0.290 e. The van der Waals surface area contributed by atoms with Crippen LogP contribution in [-0.2, 0) is 4.74 Å². The predicted molar refractivity (Wildman–Crippen MR) is 89.2 cm³/mol. The van der Waals surface area contributed by atoms with Crippen molar-refractivity contribution in [2.24, 2.45) is 4.99 Å². The van der Waals surface area contributed by atoms with E-state index in [0.717, 1.165) is 6.20 Å². The minimum absolute atomic E-state index is 0.0447. The Balaban J connectivity index is 1.61. The molecule has 1 aliphatic heterocycles. The van der Waals surface area contributed by atoms with Crippen LogP contribution in [0.5, 0.6) is 0 Å². The summed E-state index contributed by atoms with van der Waals surface area (Å²) in [5.74, 6) is -1.07. The Labute approximate surface area is 143 Å². The molecule has 1 saturated heterocycles. The molecule has 0 unspecified atom stereocenters. The summed E-state index contributed by atoms with van der Waals surface area (Å²) in [5.41, 5.74) is 0.685. The van der Waals surface area contributed by atoms with E-state index in [0.29, 0.717) is 32.0 Å². The van der Waals surface area contributed by atoms with Gasteiger partial charge in [0.15, 0.2) is 11.6 Å². The van der Waals surface area contributed by atoms with Crippen LogP contribution in [0.1, 0.15) is 16.3 Å². The monoisotopic (exact) mass is 344 g/mol. The summed E-state index contributed by atoms with van der Waals surface area (Å²) in [6.07, 6.45) is 4.20. The first-order chi connectivity index (χ1) is 12.2. The highest BCUT2D eigenvalue weighted by molar-refractivity contribution is 5.90. The number of anilines is 1. The molecule has 3 heterocycles. The molecule has 0 radical (unpaired) electrons. The van der Waals surface area contributed by atoms with Crippen LogP contribution in [0.4, 0.5) is 10.2 Å². The Bertz CT molecular complexity index is 750. The summed E-state index contributed by atoms with van der Waals surface area (Å²) in [7, 11) is 0. The van der Waals surface area contributed by atoms with E-state index in [-0.39, 0.29) is 18.3 Å². The molecule has 1 aliphatic rings. The number of ether oxygens (including phenoxy) is 1. The molecule has 25 heavy (non-hydrogen) atoms. The third-order valence-electron chi connectivity index (χ3n) is 3.48. The molecular formula is C16H17FN6O2. The second-order valence-electron chi connectivity index (χ2n) is 5.19. The zero-order chi connectivity index (χ0) is 17.5. The molecule has 0 aliphatic carbocycles. The predicted octanol–water partition coefficient (Wildman–Crippen LogP) is 0.654. The van der Waals surface area contributed by atoms with Crippen LogP contribution in [-0.4, -0.2) is 60.0 Å². The van der Waals surface area contributed by atoms with Crippen LogP contribution in [0.25, 0.3) is 0 Å². The second-order valence-corrected chi connectivity index (χ2v) is 5.19. The highest BCUT2D eigenvalue weighted by Gasteiger charge is 2.19. The van der Waals surface area contributed by atoms with Gasteiger partial charge in [0, 0.05) is 25.5 Å². The minimum Gasteiger partial charge on any atom is -0.378 e. The number of aliphatic imine (C=N–C) groups is 1. The lowest BCUT2D eigenvalue weighted by molar-refractivity contribution is 0.0944. The summed E-state index contributed by atoms with van der Waals surface area (Å²) in [5, 5.41) is 2.56. The molecular weight excluding hydrogens is 327 g/mol. The van der Waals surface area contributed by atoms with Crippen LogP contribution in [0.2, 0.25) is 0 Å². The number of rotatable bonds is 5. The fraction of sp³-hybridized carbons (Fsp3) is 0.312. The maximum Gasteiger partial charge on any atom is 0.290 e. The van der Waals surface area contributed by atoms with Gasteiger partial charge in [0.05, 0.1) is 25.1 Å². The molecule has 8 nitrogen and oxygen atoms in total. The van der Waals surface area contributed by atoms with E-state index in [9.17, 15) is 9.18 Å². The fourth-order valence-electron chi connectivity index (χ4n) is 2.25. The van der Waals surface area contributed by atoms with Crippen LogP contribution in [0, 0.1) is 5.82 Å². The van der Waals surface area contributed by atoms with Crippen molar-refractivity contribution in [3.8, 4) is 0 Å². The highest BCUT2D eigenvalue weighted by atomic mass is 19.1. The molecule has 9 heteroatoms. The largest absolute Gasteiger partial charge is 0.378 e. The van der Waals surface area contributed by atoms with Gasteiger partial charge in [-0.25, -0.2) is 14.4 Å². The summed E-state index contributed by atoms with van der Waals surface area (Å²) in [6, 6.07) is 5.44. The highest BCUT2D eigenvalue weighted by Crippen LogP contribution is 2.16. The molecule has 2 aromatic rings. The van der Waals surface area contributed by atoms with Crippen molar-refractivity contribution >= 4 is 17.9 Å². The average molecular weight is 344 g/mol. The maximum atomic E-state index is 13.9. The summed E-state index contributed by atoms with van der Waals surface area (Å²) >= 11 is 0. The van der Waals surface area contributed by atoms with Gasteiger partial charge >= 0.3 is 0 Å². The molecule has 0 aromatic carbocycles. The standard InChI is InChI=1S/C16H17FN6O2/c17-13-10-20-14(22-15(13)23-5-7-25-8-6-23)16(24)21-11-18-9-12-3-1-2-4-19-12/h1-4,9-10H,5-8,11H2,(H,21,24)/b18-9+. The van der Waals surface area contributed by atoms with E-state index in [1.807, 2.05) is 6.07 Å². The summed E-state index contributed by atoms with van der Waals surface area (Å²) in [6.45, 7) is 2.07. The van der Waals surface area contributed by atoms with Crippen molar-refractivity contribution in [2.45, 2.75) is 0 Å². The van der Waals surface area contributed by atoms with Crippen molar-refractivity contribution < 1.29 is 13.9 Å². The maximum absolute atomic E-state index is 13.9. The third kappa shape index (κ3) is 4.54. The number of carbonyl (C=O) groups is 1. The van der Waals surface area contributed by atoms with Crippen LogP contribution >= 0.6 is 0 Å². The number of pyridine rings is 1. The van der Waals surface area contributed by atoms with Crippen molar-refractivity contribution in [3.05, 3.63) is 47.9 Å². The topological polar surface area (TPSA) is 92.6 Å². The number of carbonyl (C=O) groups excluding carboxylic acids is 1. The molecule has 1 N–H and O–H groups in total. The molecule has 0 spiro atoms. The summed E-state index contributed by atoms with van der Waals surface area (Å²) in [4.78, 5) is 29.8. The third-order valence-corrected chi connectivity index (χ3v) is 3.48. The Morgan fingerprint density at radius 1 is 1.36 bits per heavy atom. The number of halogens is 1.